The van der Waals surface area contributed by atoms with E-state index in [0.29, 0.717) is 12.1 Å². The number of likely N-dealkylation sites (N-methyl/N-ethyl adjacent to an activating group) is 1. The van der Waals surface area contributed by atoms with Crippen LogP contribution in [-0.2, 0) is 27.9 Å². The van der Waals surface area contributed by atoms with Crippen LogP contribution < -0.4 is 5.32 Å². The smallest absolute Gasteiger partial charge is 0.243 e. The molecule has 0 aliphatic carbocycles. The molecule has 1 atom stereocenters. The summed E-state index contributed by atoms with van der Waals surface area (Å²) in [5.74, 6) is -0.341. The minimum absolute atomic E-state index is 0.341. The number of likely N-dealkylation sites (tertiary alicyclic amines) is 1. The van der Waals surface area contributed by atoms with Gasteiger partial charge < -0.3 is 5.32 Å². The molecule has 0 bridgehead atoms. The molecule has 0 saturated carbocycles. The predicted molar refractivity (Wildman–Crippen MR) is 119 cm³/mol. The lowest BCUT2D eigenvalue weighted by Gasteiger charge is -2.26. The van der Waals surface area contributed by atoms with E-state index in [9.17, 15) is 13.2 Å². The third-order valence-corrected chi connectivity index (χ3v) is 6.85. The molecule has 7 heteroatoms. The lowest BCUT2D eigenvalue weighted by molar-refractivity contribution is -0.124. The third-order valence-electron chi connectivity index (χ3n) is 5.59. The van der Waals surface area contributed by atoms with Crippen molar-refractivity contribution >= 4 is 15.9 Å². The quantitative estimate of drug-likeness (QED) is 0.701. The first-order chi connectivity index (χ1) is 14.3. The molecule has 0 radical (unpaired) electrons. The van der Waals surface area contributed by atoms with Crippen molar-refractivity contribution in [3.8, 4) is 0 Å². The lowest BCUT2D eigenvalue weighted by atomic mass is 10.1. The molecule has 1 saturated heterocycles. The van der Waals surface area contributed by atoms with Crippen molar-refractivity contribution in [2.24, 2.45) is 0 Å². The maximum absolute atomic E-state index is 12.9. The van der Waals surface area contributed by atoms with Crippen molar-refractivity contribution in [2.45, 2.75) is 38.4 Å². The van der Waals surface area contributed by atoms with Gasteiger partial charge in [0.25, 0.3) is 0 Å². The van der Waals surface area contributed by atoms with Gasteiger partial charge >= 0.3 is 0 Å². The van der Waals surface area contributed by atoms with Crippen LogP contribution in [0.25, 0.3) is 0 Å². The van der Waals surface area contributed by atoms with Crippen molar-refractivity contribution in [3.63, 3.8) is 0 Å². The van der Waals surface area contributed by atoms with Crippen LogP contribution in [0.15, 0.2) is 54.6 Å². The number of hydrogen-bond acceptors (Lipinski definition) is 4. The Bertz CT molecular complexity index is 924. The first kappa shape index (κ1) is 22.5. The molecule has 1 heterocycles. The van der Waals surface area contributed by atoms with Gasteiger partial charge in [-0.2, -0.15) is 4.31 Å². The van der Waals surface area contributed by atoms with E-state index in [1.165, 1.54) is 31.9 Å². The number of rotatable bonds is 8. The van der Waals surface area contributed by atoms with Crippen LogP contribution in [-0.4, -0.2) is 49.9 Å². The summed E-state index contributed by atoms with van der Waals surface area (Å²) in [6, 6.07) is 16.3. The fourth-order valence-corrected chi connectivity index (χ4v) is 4.38. The molecular weight excluding hydrogens is 398 g/mol. The van der Waals surface area contributed by atoms with Crippen molar-refractivity contribution in [1.82, 2.24) is 14.5 Å². The highest BCUT2D eigenvalue weighted by molar-refractivity contribution is 7.88. The van der Waals surface area contributed by atoms with Gasteiger partial charge in [0.05, 0.1) is 6.26 Å². The van der Waals surface area contributed by atoms with Gasteiger partial charge in [-0.05, 0) is 42.6 Å². The molecule has 30 heavy (non-hydrogen) atoms. The first-order valence-electron chi connectivity index (χ1n) is 10.4. The molecule has 1 aliphatic rings. The molecule has 1 fully saturated rings. The minimum Gasteiger partial charge on any atom is -0.350 e. The lowest BCUT2D eigenvalue weighted by Crippen LogP contribution is -2.41. The number of amides is 1. The Labute approximate surface area is 179 Å². The van der Waals surface area contributed by atoms with E-state index >= 15 is 0 Å². The normalized spacial score (nSPS) is 16.4. The van der Waals surface area contributed by atoms with Crippen LogP contribution in [0.4, 0.5) is 0 Å². The summed E-state index contributed by atoms with van der Waals surface area (Å²) in [4.78, 5) is 15.4. The van der Waals surface area contributed by atoms with Gasteiger partial charge in [0.15, 0.2) is 0 Å². The number of carbonyl (C=O) groups is 1. The van der Waals surface area contributed by atoms with Gasteiger partial charge in [-0.15, -0.1) is 0 Å². The summed E-state index contributed by atoms with van der Waals surface area (Å²) in [6.07, 6.45) is 4.98. The SMILES string of the molecule is CN([C@H](C(=O)NCc1ccc(CN2CCCCC2)cc1)c1ccccc1)S(C)(=O)=O. The molecule has 0 unspecified atom stereocenters. The number of benzene rings is 2. The number of sulfonamides is 1. The van der Waals surface area contributed by atoms with Crippen LogP contribution in [0.1, 0.15) is 42.0 Å². The van der Waals surface area contributed by atoms with Crippen LogP contribution in [0.3, 0.4) is 0 Å². The molecule has 2 aromatic carbocycles. The number of carbonyl (C=O) groups excluding carboxylic acids is 1. The second-order valence-electron chi connectivity index (χ2n) is 7.96. The van der Waals surface area contributed by atoms with E-state index in [-0.39, 0.29) is 5.91 Å². The van der Waals surface area contributed by atoms with Crippen LogP contribution in [0.2, 0.25) is 0 Å². The fourth-order valence-electron chi connectivity index (χ4n) is 3.78. The van der Waals surface area contributed by atoms with E-state index in [0.717, 1.165) is 35.8 Å². The Morgan fingerprint density at radius 3 is 2.20 bits per heavy atom. The van der Waals surface area contributed by atoms with Gasteiger partial charge in [0.1, 0.15) is 6.04 Å². The second-order valence-corrected chi connectivity index (χ2v) is 10.0. The first-order valence-corrected chi connectivity index (χ1v) is 12.3. The van der Waals surface area contributed by atoms with E-state index in [1.807, 2.05) is 18.2 Å². The zero-order chi connectivity index (χ0) is 21.6. The Kier molecular flexibility index (Phi) is 7.64. The molecular formula is C23H31N3O3S. The van der Waals surface area contributed by atoms with E-state index in [1.54, 1.807) is 24.3 Å². The van der Waals surface area contributed by atoms with Crippen molar-refractivity contribution < 1.29 is 13.2 Å². The fraction of sp³-hybridized carbons (Fsp3) is 0.435. The van der Waals surface area contributed by atoms with Crippen LogP contribution in [0.5, 0.6) is 0 Å². The number of nitrogens with one attached hydrogen (secondary N) is 1. The number of nitrogens with zero attached hydrogens (tertiary/aromatic N) is 2. The van der Waals surface area contributed by atoms with Crippen molar-refractivity contribution in [2.75, 3.05) is 26.4 Å². The second kappa shape index (κ2) is 10.2. The van der Waals surface area contributed by atoms with Gasteiger partial charge in [0, 0.05) is 20.1 Å². The van der Waals surface area contributed by atoms with E-state index in [4.69, 9.17) is 0 Å². The van der Waals surface area contributed by atoms with Gasteiger partial charge in [-0.3, -0.25) is 9.69 Å². The largest absolute Gasteiger partial charge is 0.350 e. The minimum atomic E-state index is -3.53. The predicted octanol–water partition coefficient (Wildman–Crippen LogP) is 2.92. The molecule has 1 aliphatic heterocycles. The molecule has 6 nitrogen and oxygen atoms in total. The molecule has 3 rings (SSSR count). The summed E-state index contributed by atoms with van der Waals surface area (Å²) in [5.41, 5.74) is 2.89. The van der Waals surface area contributed by atoms with Gasteiger partial charge in [-0.25, -0.2) is 8.42 Å². The molecule has 0 aromatic heterocycles. The number of piperidine rings is 1. The molecule has 1 amide bonds. The van der Waals surface area contributed by atoms with E-state index < -0.39 is 16.1 Å². The number of hydrogen-bond donors (Lipinski definition) is 1. The van der Waals surface area contributed by atoms with Gasteiger partial charge in [-0.1, -0.05) is 61.0 Å². The Morgan fingerprint density at radius 2 is 1.60 bits per heavy atom. The van der Waals surface area contributed by atoms with Crippen LogP contribution >= 0.6 is 0 Å². The van der Waals surface area contributed by atoms with E-state index in [2.05, 4.69) is 22.3 Å². The highest BCUT2D eigenvalue weighted by Crippen LogP contribution is 2.22. The highest BCUT2D eigenvalue weighted by Gasteiger charge is 2.30. The average molecular weight is 430 g/mol. The van der Waals surface area contributed by atoms with Gasteiger partial charge in [0.2, 0.25) is 15.9 Å². The Hall–Kier alpha value is -2.22. The summed E-state index contributed by atoms with van der Waals surface area (Å²) in [7, 11) is -2.10. The summed E-state index contributed by atoms with van der Waals surface area (Å²) in [5, 5.41) is 2.90. The Balaban J connectivity index is 1.63. The monoisotopic (exact) mass is 429 g/mol. The van der Waals surface area contributed by atoms with Crippen LogP contribution in [0, 0.1) is 0 Å². The maximum Gasteiger partial charge on any atom is 0.243 e. The third kappa shape index (κ3) is 6.14. The molecule has 162 valence electrons. The zero-order valence-corrected chi connectivity index (χ0v) is 18.6. The summed E-state index contributed by atoms with van der Waals surface area (Å²) < 4.78 is 25.2. The standard InChI is InChI=1S/C23H31N3O3S/c1-25(30(2,28)29)22(21-9-5-3-6-10-21)23(27)24-17-19-11-13-20(14-12-19)18-26-15-7-4-8-16-26/h3,5-6,9-14,22H,4,7-8,15-18H2,1-2H3,(H,24,27)/t22-/m0/s1. The van der Waals surface area contributed by atoms with Crippen molar-refractivity contribution in [3.05, 3.63) is 71.3 Å². The topological polar surface area (TPSA) is 69.7 Å². The maximum atomic E-state index is 12.9. The summed E-state index contributed by atoms with van der Waals surface area (Å²) in [6.45, 7) is 3.63. The summed E-state index contributed by atoms with van der Waals surface area (Å²) >= 11 is 0. The average Bonchev–Trinajstić information content (AvgIpc) is 2.74. The zero-order valence-electron chi connectivity index (χ0n) is 17.8. The van der Waals surface area contributed by atoms with Crippen molar-refractivity contribution in [1.29, 1.82) is 0 Å². The molecule has 1 N–H and O–H groups in total. The highest BCUT2D eigenvalue weighted by atomic mass is 32.2. The molecule has 2 aromatic rings. The molecule has 0 spiro atoms. The Morgan fingerprint density at radius 1 is 1.00 bits per heavy atom.